The quantitative estimate of drug-likeness (QED) is 0.896. The maximum absolute atomic E-state index is 12.8. The Hall–Kier alpha value is -2.82. The predicted octanol–water partition coefficient (Wildman–Crippen LogP) is 3.28. The van der Waals surface area contributed by atoms with Gasteiger partial charge in [0.25, 0.3) is 0 Å². The summed E-state index contributed by atoms with van der Waals surface area (Å²) in [5, 5.41) is 8.84. The van der Waals surface area contributed by atoms with Gasteiger partial charge in [-0.3, -0.25) is 4.79 Å². The van der Waals surface area contributed by atoms with Crippen molar-refractivity contribution in [1.82, 2.24) is 4.90 Å². The van der Waals surface area contributed by atoms with Crippen molar-refractivity contribution in [2.75, 3.05) is 13.2 Å². The van der Waals surface area contributed by atoms with Crippen molar-refractivity contribution < 1.29 is 19.4 Å². The standard InChI is InChI=1S/C21H23NO4/c1-14(2)21(25)22-11-10-15-8-9-17(26-13-19(23)24)12-18(15)20(22)16-6-4-3-5-7-16/h3-9,12,14,20H,10-11,13H2,1-2H3,(H,23,24). The summed E-state index contributed by atoms with van der Waals surface area (Å²) in [5.41, 5.74) is 3.20. The lowest BCUT2D eigenvalue weighted by Gasteiger charge is -2.39. The molecule has 3 rings (SSSR count). The molecule has 1 aliphatic rings. The van der Waals surface area contributed by atoms with Gasteiger partial charge in [-0.2, -0.15) is 0 Å². The molecule has 1 amide bonds. The van der Waals surface area contributed by atoms with Crippen LogP contribution in [0.15, 0.2) is 48.5 Å². The normalized spacial score (nSPS) is 16.3. The van der Waals surface area contributed by atoms with Gasteiger partial charge in [0.2, 0.25) is 5.91 Å². The average molecular weight is 353 g/mol. The molecule has 0 fully saturated rings. The summed E-state index contributed by atoms with van der Waals surface area (Å²) in [6.07, 6.45) is 0.774. The summed E-state index contributed by atoms with van der Waals surface area (Å²) in [7, 11) is 0. The topological polar surface area (TPSA) is 66.8 Å². The zero-order chi connectivity index (χ0) is 18.7. The number of rotatable bonds is 5. The van der Waals surface area contributed by atoms with Gasteiger partial charge in [0.05, 0.1) is 6.04 Å². The molecule has 2 aromatic rings. The second-order valence-electron chi connectivity index (χ2n) is 6.79. The Kier molecular flexibility index (Phi) is 5.26. The number of carbonyl (C=O) groups excluding carboxylic acids is 1. The Morgan fingerprint density at radius 3 is 2.58 bits per heavy atom. The van der Waals surface area contributed by atoms with Crippen LogP contribution in [0.4, 0.5) is 0 Å². The summed E-state index contributed by atoms with van der Waals surface area (Å²) in [6, 6.07) is 15.4. The van der Waals surface area contributed by atoms with Crippen molar-refractivity contribution in [3.8, 4) is 5.75 Å². The van der Waals surface area contributed by atoms with Gasteiger partial charge < -0.3 is 14.7 Å². The van der Waals surface area contributed by atoms with E-state index in [0.29, 0.717) is 12.3 Å². The van der Waals surface area contributed by atoms with Gasteiger partial charge in [0.15, 0.2) is 6.61 Å². The van der Waals surface area contributed by atoms with Crippen LogP contribution >= 0.6 is 0 Å². The number of benzene rings is 2. The van der Waals surface area contributed by atoms with E-state index in [1.807, 2.05) is 61.2 Å². The van der Waals surface area contributed by atoms with E-state index in [0.717, 1.165) is 23.1 Å². The Balaban J connectivity index is 2.04. The molecular weight excluding hydrogens is 330 g/mol. The van der Waals surface area contributed by atoms with Crippen molar-refractivity contribution >= 4 is 11.9 Å². The number of fused-ring (bicyclic) bond motifs is 1. The molecule has 0 spiro atoms. The Labute approximate surface area is 153 Å². The lowest BCUT2D eigenvalue weighted by Crippen LogP contribution is -2.42. The van der Waals surface area contributed by atoms with Crippen LogP contribution in [0, 0.1) is 5.92 Å². The molecule has 1 unspecified atom stereocenters. The van der Waals surface area contributed by atoms with Crippen molar-refractivity contribution in [2.45, 2.75) is 26.3 Å². The highest BCUT2D eigenvalue weighted by Gasteiger charge is 2.33. The second kappa shape index (κ2) is 7.60. The van der Waals surface area contributed by atoms with Gasteiger partial charge in [-0.15, -0.1) is 0 Å². The van der Waals surface area contributed by atoms with E-state index in [9.17, 15) is 9.59 Å². The van der Waals surface area contributed by atoms with Crippen LogP contribution in [0.25, 0.3) is 0 Å². The van der Waals surface area contributed by atoms with Crippen LogP contribution in [0.3, 0.4) is 0 Å². The molecule has 0 aromatic heterocycles. The molecule has 0 saturated heterocycles. The summed E-state index contributed by atoms with van der Waals surface area (Å²) < 4.78 is 5.36. The van der Waals surface area contributed by atoms with Gasteiger partial charge in [-0.1, -0.05) is 50.2 Å². The molecule has 136 valence electrons. The van der Waals surface area contributed by atoms with Crippen LogP contribution in [0.2, 0.25) is 0 Å². The number of hydrogen-bond acceptors (Lipinski definition) is 3. The number of hydrogen-bond donors (Lipinski definition) is 1. The molecule has 2 aromatic carbocycles. The first kappa shape index (κ1) is 18.0. The molecule has 26 heavy (non-hydrogen) atoms. The zero-order valence-corrected chi connectivity index (χ0v) is 15.0. The minimum atomic E-state index is -1.01. The third kappa shape index (κ3) is 3.72. The Bertz CT molecular complexity index is 801. The first-order valence-corrected chi connectivity index (χ1v) is 8.80. The second-order valence-corrected chi connectivity index (χ2v) is 6.79. The number of carboxylic acids is 1. The SMILES string of the molecule is CC(C)C(=O)N1CCc2ccc(OCC(=O)O)cc2C1c1ccccc1. The first-order valence-electron chi connectivity index (χ1n) is 8.80. The molecule has 5 heteroatoms. The van der Waals surface area contributed by atoms with Crippen LogP contribution in [-0.4, -0.2) is 35.0 Å². The molecule has 1 atom stereocenters. The van der Waals surface area contributed by atoms with E-state index in [2.05, 4.69) is 0 Å². The summed E-state index contributed by atoms with van der Waals surface area (Å²) in [6.45, 7) is 4.10. The maximum Gasteiger partial charge on any atom is 0.341 e. The largest absolute Gasteiger partial charge is 0.482 e. The van der Waals surface area contributed by atoms with Gasteiger partial charge in [0.1, 0.15) is 5.75 Å². The van der Waals surface area contributed by atoms with Gasteiger partial charge in [-0.05, 0) is 35.2 Å². The summed E-state index contributed by atoms with van der Waals surface area (Å²) in [5.74, 6) is -0.486. The van der Waals surface area contributed by atoms with E-state index < -0.39 is 5.97 Å². The van der Waals surface area contributed by atoms with Crippen molar-refractivity contribution in [2.24, 2.45) is 5.92 Å². The summed E-state index contributed by atoms with van der Waals surface area (Å²) >= 11 is 0. The van der Waals surface area contributed by atoms with E-state index in [-0.39, 0.29) is 24.5 Å². The minimum absolute atomic E-state index is 0.0887. The average Bonchev–Trinajstić information content (AvgIpc) is 2.65. The monoisotopic (exact) mass is 353 g/mol. The fourth-order valence-corrected chi connectivity index (χ4v) is 3.39. The van der Waals surface area contributed by atoms with Crippen molar-refractivity contribution in [3.05, 3.63) is 65.2 Å². The Morgan fingerprint density at radius 2 is 1.92 bits per heavy atom. The highest BCUT2D eigenvalue weighted by Crippen LogP contribution is 2.37. The van der Waals surface area contributed by atoms with Crippen LogP contribution in [0.1, 0.15) is 36.6 Å². The van der Waals surface area contributed by atoms with Gasteiger partial charge in [0, 0.05) is 12.5 Å². The van der Waals surface area contributed by atoms with Crippen LogP contribution < -0.4 is 4.74 Å². The molecular formula is C21H23NO4. The number of carboxylic acid groups (broad SMARTS) is 1. The minimum Gasteiger partial charge on any atom is -0.482 e. The van der Waals surface area contributed by atoms with E-state index >= 15 is 0 Å². The van der Waals surface area contributed by atoms with Crippen LogP contribution in [-0.2, 0) is 16.0 Å². The number of amides is 1. The highest BCUT2D eigenvalue weighted by molar-refractivity contribution is 5.79. The zero-order valence-electron chi connectivity index (χ0n) is 15.0. The number of ether oxygens (including phenoxy) is 1. The van der Waals surface area contributed by atoms with Gasteiger partial charge in [-0.25, -0.2) is 4.79 Å². The van der Waals surface area contributed by atoms with Crippen LogP contribution in [0.5, 0.6) is 5.75 Å². The van der Waals surface area contributed by atoms with Gasteiger partial charge >= 0.3 is 5.97 Å². The number of nitrogens with zero attached hydrogens (tertiary/aromatic N) is 1. The third-order valence-electron chi connectivity index (χ3n) is 4.60. The maximum atomic E-state index is 12.8. The van der Waals surface area contributed by atoms with E-state index in [1.54, 1.807) is 6.07 Å². The fraction of sp³-hybridized carbons (Fsp3) is 0.333. The lowest BCUT2D eigenvalue weighted by atomic mass is 9.87. The smallest absolute Gasteiger partial charge is 0.341 e. The number of carbonyl (C=O) groups is 2. The van der Waals surface area contributed by atoms with Crippen molar-refractivity contribution in [3.63, 3.8) is 0 Å². The number of aliphatic carboxylic acids is 1. The molecule has 1 N–H and O–H groups in total. The highest BCUT2D eigenvalue weighted by atomic mass is 16.5. The van der Waals surface area contributed by atoms with E-state index in [1.165, 1.54) is 0 Å². The summed E-state index contributed by atoms with van der Waals surface area (Å²) in [4.78, 5) is 25.5. The predicted molar refractivity (Wildman–Crippen MR) is 98.1 cm³/mol. The van der Waals surface area contributed by atoms with Crippen molar-refractivity contribution in [1.29, 1.82) is 0 Å². The first-order chi connectivity index (χ1) is 12.5. The van der Waals surface area contributed by atoms with E-state index in [4.69, 9.17) is 9.84 Å². The lowest BCUT2D eigenvalue weighted by molar-refractivity contribution is -0.139. The molecule has 5 nitrogen and oxygen atoms in total. The molecule has 1 aliphatic heterocycles. The molecule has 1 heterocycles. The Morgan fingerprint density at radius 1 is 1.19 bits per heavy atom. The molecule has 0 aliphatic carbocycles. The molecule has 0 radical (unpaired) electrons. The fourth-order valence-electron chi connectivity index (χ4n) is 3.39. The third-order valence-corrected chi connectivity index (χ3v) is 4.60. The molecule has 0 bridgehead atoms. The molecule has 0 saturated carbocycles.